The summed E-state index contributed by atoms with van der Waals surface area (Å²) in [7, 11) is 0. The van der Waals surface area contributed by atoms with Crippen molar-refractivity contribution in [3.63, 3.8) is 0 Å². The molecule has 0 aromatic heterocycles. The van der Waals surface area contributed by atoms with Crippen LogP contribution in [0.25, 0.3) is 0 Å². The molecule has 1 amide bonds. The zero-order chi connectivity index (χ0) is 15.9. The molecule has 0 saturated carbocycles. The maximum absolute atomic E-state index is 12.3. The van der Waals surface area contributed by atoms with Crippen molar-refractivity contribution in [1.82, 2.24) is 5.32 Å². The average Bonchev–Trinajstić information content (AvgIpc) is 2.46. The van der Waals surface area contributed by atoms with E-state index < -0.39 is 29.3 Å². The van der Waals surface area contributed by atoms with Crippen LogP contribution in [0.3, 0.4) is 0 Å². The van der Waals surface area contributed by atoms with Crippen LogP contribution in [0.2, 0.25) is 0 Å². The summed E-state index contributed by atoms with van der Waals surface area (Å²) in [5.74, 6) is -2.56. The van der Waals surface area contributed by atoms with Crippen molar-refractivity contribution in [1.29, 1.82) is 0 Å². The number of rotatable bonds is 8. The van der Waals surface area contributed by atoms with Crippen molar-refractivity contribution in [2.75, 3.05) is 19.8 Å². The Morgan fingerprint density at radius 3 is 2.33 bits per heavy atom. The molecule has 0 aromatic carbocycles. The van der Waals surface area contributed by atoms with Gasteiger partial charge in [0.05, 0.1) is 5.41 Å². The number of carboxylic acid groups (broad SMARTS) is 2. The van der Waals surface area contributed by atoms with Gasteiger partial charge >= 0.3 is 11.9 Å². The summed E-state index contributed by atoms with van der Waals surface area (Å²) in [5.41, 5.74) is 4.90. The highest BCUT2D eigenvalue weighted by Crippen LogP contribution is 2.29. The van der Waals surface area contributed by atoms with Crippen molar-refractivity contribution < 1.29 is 29.3 Å². The molecule has 1 heterocycles. The van der Waals surface area contributed by atoms with E-state index in [2.05, 4.69) is 5.32 Å². The molecule has 120 valence electrons. The lowest BCUT2D eigenvalue weighted by molar-refractivity contribution is -0.146. The van der Waals surface area contributed by atoms with Gasteiger partial charge in [0.25, 0.3) is 0 Å². The quantitative estimate of drug-likeness (QED) is 0.477. The number of aliphatic carboxylic acids is 2. The first-order chi connectivity index (χ1) is 9.91. The molecule has 1 aliphatic heterocycles. The molecule has 0 unspecified atom stereocenters. The van der Waals surface area contributed by atoms with Gasteiger partial charge in [-0.1, -0.05) is 0 Å². The lowest BCUT2D eigenvalue weighted by Crippen LogP contribution is -2.53. The standard InChI is InChI=1S/C13H22N2O6/c14-8-13(4-6-21-7-5-13)12(20)15-9(11(18)19)2-1-3-10(16)17/h9H,1-8,14H2,(H,15,20)(H,16,17)(H,18,19)/t9-/m1/s1. The molecule has 5 N–H and O–H groups in total. The van der Waals surface area contributed by atoms with Crippen LogP contribution >= 0.6 is 0 Å². The number of hydrogen-bond acceptors (Lipinski definition) is 5. The van der Waals surface area contributed by atoms with Crippen LogP contribution in [0, 0.1) is 5.41 Å². The number of nitrogens with one attached hydrogen (secondary N) is 1. The smallest absolute Gasteiger partial charge is 0.326 e. The molecule has 0 bridgehead atoms. The fourth-order valence-corrected chi connectivity index (χ4v) is 2.31. The highest BCUT2D eigenvalue weighted by molar-refractivity contribution is 5.87. The van der Waals surface area contributed by atoms with Gasteiger partial charge in [0.15, 0.2) is 0 Å². The zero-order valence-corrected chi connectivity index (χ0v) is 11.8. The second-order valence-electron chi connectivity index (χ2n) is 5.25. The SMILES string of the molecule is NCC1(C(=O)N[C@H](CCCC(=O)O)C(=O)O)CCOCC1. The first-order valence-electron chi connectivity index (χ1n) is 6.94. The predicted molar refractivity (Wildman–Crippen MR) is 72.6 cm³/mol. The molecule has 21 heavy (non-hydrogen) atoms. The number of amides is 1. The normalized spacial score (nSPS) is 18.7. The fourth-order valence-electron chi connectivity index (χ4n) is 2.31. The van der Waals surface area contributed by atoms with E-state index in [0.717, 1.165) is 0 Å². The maximum atomic E-state index is 12.3. The minimum Gasteiger partial charge on any atom is -0.481 e. The summed E-state index contributed by atoms with van der Waals surface area (Å²) < 4.78 is 5.20. The molecule has 0 aliphatic carbocycles. The fraction of sp³-hybridized carbons (Fsp3) is 0.769. The van der Waals surface area contributed by atoms with E-state index in [1.54, 1.807) is 0 Å². The summed E-state index contributed by atoms with van der Waals surface area (Å²) in [5, 5.41) is 20.2. The molecule has 8 nitrogen and oxygen atoms in total. The average molecular weight is 302 g/mol. The topological polar surface area (TPSA) is 139 Å². The van der Waals surface area contributed by atoms with Gasteiger partial charge in [0.2, 0.25) is 5.91 Å². The number of hydrogen-bond donors (Lipinski definition) is 4. The molecule has 0 spiro atoms. The third-order valence-corrected chi connectivity index (χ3v) is 3.81. The number of carbonyl (C=O) groups excluding carboxylic acids is 1. The van der Waals surface area contributed by atoms with E-state index in [9.17, 15) is 14.4 Å². The summed E-state index contributed by atoms with van der Waals surface area (Å²) >= 11 is 0. The Kier molecular flexibility index (Phi) is 6.57. The molecule has 8 heteroatoms. The van der Waals surface area contributed by atoms with E-state index in [0.29, 0.717) is 26.1 Å². The van der Waals surface area contributed by atoms with Crippen LogP contribution in [0.4, 0.5) is 0 Å². The molecule has 1 atom stereocenters. The molecule has 1 aliphatic rings. The van der Waals surface area contributed by atoms with Crippen LogP contribution in [0.5, 0.6) is 0 Å². The van der Waals surface area contributed by atoms with Crippen LogP contribution in [0.1, 0.15) is 32.1 Å². The van der Waals surface area contributed by atoms with Crippen molar-refractivity contribution in [2.24, 2.45) is 11.1 Å². The summed E-state index contributed by atoms with van der Waals surface area (Å²) in [6.07, 6.45) is 1.04. The lowest BCUT2D eigenvalue weighted by Gasteiger charge is -2.35. The predicted octanol–water partition coefficient (Wildman–Crippen LogP) is -0.434. The number of nitrogens with two attached hydrogens (primary N) is 1. The van der Waals surface area contributed by atoms with E-state index in [4.69, 9.17) is 20.7 Å². The van der Waals surface area contributed by atoms with E-state index >= 15 is 0 Å². The Labute approximate surface area is 122 Å². The van der Waals surface area contributed by atoms with Crippen LogP contribution in [-0.2, 0) is 19.1 Å². The van der Waals surface area contributed by atoms with Gasteiger partial charge in [-0.3, -0.25) is 9.59 Å². The lowest BCUT2D eigenvalue weighted by atomic mass is 9.79. The highest BCUT2D eigenvalue weighted by Gasteiger charge is 2.40. The minimum absolute atomic E-state index is 0.0739. The number of carbonyl (C=O) groups is 3. The van der Waals surface area contributed by atoms with Gasteiger partial charge in [-0.2, -0.15) is 0 Å². The van der Waals surface area contributed by atoms with Gasteiger partial charge < -0.3 is 26.0 Å². The van der Waals surface area contributed by atoms with E-state index in [-0.39, 0.29) is 25.8 Å². The van der Waals surface area contributed by atoms with Crippen molar-refractivity contribution in [3.05, 3.63) is 0 Å². The first-order valence-corrected chi connectivity index (χ1v) is 6.94. The first kappa shape index (κ1) is 17.4. The van der Waals surface area contributed by atoms with Gasteiger partial charge in [0.1, 0.15) is 6.04 Å². The Morgan fingerprint density at radius 1 is 1.24 bits per heavy atom. The van der Waals surface area contributed by atoms with Crippen LogP contribution < -0.4 is 11.1 Å². The summed E-state index contributed by atoms with van der Waals surface area (Å²) in [6.45, 7) is 0.965. The molecular weight excluding hydrogens is 280 g/mol. The highest BCUT2D eigenvalue weighted by atomic mass is 16.5. The minimum atomic E-state index is -1.17. The van der Waals surface area contributed by atoms with Crippen molar-refractivity contribution in [2.45, 2.75) is 38.1 Å². The second-order valence-corrected chi connectivity index (χ2v) is 5.25. The van der Waals surface area contributed by atoms with Gasteiger partial charge in [0, 0.05) is 26.2 Å². The van der Waals surface area contributed by atoms with Gasteiger partial charge in [-0.15, -0.1) is 0 Å². The number of carboxylic acids is 2. The Balaban J connectivity index is 2.62. The Hall–Kier alpha value is -1.67. The van der Waals surface area contributed by atoms with Crippen molar-refractivity contribution in [3.8, 4) is 0 Å². The van der Waals surface area contributed by atoms with Crippen LogP contribution in [0.15, 0.2) is 0 Å². The molecule has 1 rings (SSSR count). The van der Waals surface area contributed by atoms with Crippen LogP contribution in [-0.4, -0.2) is 53.9 Å². The molecular formula is C13H22N2O6. The van der Waals surface area contributed by atoms with Crippen molar-refractivity contribution >= 4 is 17.8 Å². The maximum Gasteiger partial charge on any atom is 0.326 e. The van der Waals surface area contributed by atoms with Gasteiger partial charge in [-0.05, 0) is 25.7 Å². The van der Waals surface area contributed by atoms with E-state index in [1.807, 2.05) is 0 Å². The molecule has 1 saturated heterocycles. The second kappa shape index (κ2) is 7.94. The van der Waals surface area contributed by atoms with Gasteiger partial charge in [-0.25, -0.2) is 4.79 Å². The monoisotopic (exact) mass is 302 g/mol. The number of ether oxygens (including phenoxy) is 1. The third-order valence-electron chi connectivity index (χ3n) is 3.81. The zero-order valence-electron chi connectivity index (χ0n) is 11.8. The summed E-state index contributed by atoms with van der Waals surface area (Å²) in [6, 6.07) is -1.09. The molecule has 0 radical (unpaired) electrons. The van der Waals surface area contributed by atoms with E-state index in [1.165, 1.54) is 0 Å². The largest absolute Gasteiger partial charge is 0.481 e. The Morgan fingerprint density at radius 2 is 1.86 bits per heavy atom. The summed E-state index contributed by atoms with van der Waals surface area (Å²) in [4.78, 5) is 34.0. The third kappa shape index (κ3) is 4.98. The molecule has 1 fully saturated rings. The molecule has 0 aromatic rings. The Bertz CT molecular complexity index is 392.